The number of nitriles is 2. The molecule has 0 unspecified atom stereocenters. The van der Waals surface area contributed by atoms with Crippen molar-refractivity contribution in [3.63, 3.8) is 0 Å². The van der Waals surface area contributed by atoms with Crippen LogP contribution in [0.15, 0.2) is 122 Å². The van der Waals surface area contributed by atoms with Gasteiger partial charge in [0.05, 0.1) is 12.1 Å². The lowest BCUT2D eigenvalue weighted by Crippen LogP contribution is -2.92. The molecule has 4 aromatic carbocycles. The molecule has 0 saturated heterocycles. The van der Waals surface area contributed by atoms with Crippen molar-refractivity contribution in [2.45, 2.75) is 111 Å². The Hall–Kier alpha value is -6.10. The molecule has 1 aliphatic rings. The third-order valence-corrected chi connectivity index (χ3v) is 16.8. The van der Waals surface area contributed by atoms with Crippen LogP contribution in [-0.2, 0) is 26.9 Å². The summed E-state index contributed by atoms with van der Waals surface area (Å²) >= 11 is 0. The largest absolute Gasteiger partial charge is 0.741 e. The van der Waals surface area contributed by atoms with E-state index in [2.05, 4.69) is 196 Å². The van der Waals surface area contributed by atoms with Gasteiger partial charge in [-0.1, -0.05) is 152 Å². The Bertz CT molecular complexity index is 2760. The van der Waals surface area contributed by atoms with E-state index in [1.807, 2.05) is 0 Å². The molecule has 70 heavy (non-hydrogen) atoms. The second-order valence-electron chi connectivity index (χ2n) is 17.0. The third kappa shape index (κ3) is 12.8. The number of rotatable bonds is 8. The second kappa shape index (κ2) is 23.7. The number of benzene rings is 4. The molecule has 1 aliphatic heterocycles. The summed E-state index contributed by atoms with van der Waals surface area (Å²) in [7, 11) is -15.2. The van der Waals surface area contributed by atoms with Crippen LogP contribution >= 0.6 is 0 Å². The van der Waals surface area contributed by atoms with Crippen LogP contribution < -0.4 is 30.4 Å². The second-order valence-corrected chi connectivity index (χ2v) is 23.3. The van der Waals surface area contributed by atoms with Gasteiger partial charge < -0.3 is 9.11 Å². The molecule has 376 valence electrons. The molecule has 0 spiro atoms. The number of nitrogens with zero attached hydrogens (tertiary/aromatic N) is 6. The van der Waals surface area contributed by atoms with Gasteiger partial charge in [0.15, 0.2) is 20.2 Å². The Kier molecular flexibility index (Phi) is 19.7. The zero-order valence-corrected chi connectivity index (χ0v) is 42.9. The highest BCUT2D eigenvalue weighted by Gasteiger charge is 2.63. The first-order valence-corrected chi connectivity index (χ1v) is 26.6. The van der Waals surface area contributed by atoms with Gasteiger partial charge in [-0.2, -0.15) is 46.0 Å². The van der Waals surface area contributed by atoms with Gasteiger partial charge >= 0.3 is 19.1 Å². The van der Waals surface area contributed by atoms with Gasteiger partial charge in [0.25, 0.3) is 10.9 Å². The van der Waals surface area contributed by atoms with Crippen molar-refractivity contribution in [1.29, 1.82) is 10.5 Å². The lowest BCUT2D eigenvalue weighted by Gasteiger charge is -2.31. The number of aromatic nitrogens is 4. The van der Waals surface area contributed by atoms with Gasteiger partial charge in [0.2, 0.25) is 6.67 Å². The van der Waals surface area contributed by atoms with E-state index >= 15 is 0 Å². The van der Waals surface area contributed by atoms with Gasteiger partial charge in [0, 0.05) is 36.1 Å². The van der Waals surface area contributed by atoms with Crippen molar-refractivity contribution in [1.82, 2.24) is 9.13 Å². The van der Waals surface area contributed by atoms with Gasteiger partial charge in [-0.15, -0.1) is 0 Å². The molecule has 0 fully saturated rings. The number of para-hydroxylation sites is 2. The van der Waals surface area contributed by atoms with Crippen molar-refractivity contribution in [3.8, 4) is 23.5 Å². The quantitative estimate of drug-likeness (QED) is 0.0489. The van der Waals surface area contributed by atoms with Gasteiger partial charge in [0.1, 0.15) is 36.2 Å². The number of halogens is 6. The molecule has 3 heterocycles. The summed E-state index contributed by atoms with van der Waals surface area (Å²) in [5, 5.41) is 17.4. The number of alkyl halides is 6. The lowest BCUT2D eigenvalue weighted by atomic mass is 9.92. The van der Waals surface area contributed by atoms with Crippen LogP contribution in [0.25, 0.3) is 11.4 Å². The van der Waals surface area contributed by atoms with Crippen molar-refractivity contribution < 1.29 is 61.4 Å². The molecular weight excluding hydrogens is 975 g/mol. The van der Waals surface area contributed by atoms with Crippen molar-refractivity contribution in [3.05, 3.63) is 144 Å². The molecular formula is C49H56F6N6O6S2Si. The standard InChI is InChI=1S/C43H50N4Si.2C2H3N.2CHF3O3S/c1-30(2)36-21-15-22-37(31(3)4)40(36)46-27-25-44-29-45-26-28-47(41-38(32(5)6)23-16-24-39(41)33(7)8)43(45)48(42(44)46,34-17-11-9-12-18-34)35-19-13-10-14-20-35;2*1-2-3;2*2-1(3,4)8(5,6)7/h9-28,30-33H,29H2,1-8H3;2*1H3;2*(H,5,6,7)/q+2;;;;/p-2. The molecule has 0 amide bonds. The summed E-state index contributed by atoms with van der Waals surface area (Å²) in [5.41, 5.74) is -0.244. The maximum absolute atomic E-state index is 10.7. The Labute approximate surface area is 407 Å². The van der Waals surface area contributed by atoms with Crippen molar-refractivity contribution in [2.24, 2.45) is 0 Å². The molecule has 0 bridgehead atoms. The van der Waals surface area contributed by atoms with Crippen LogP contribution in [0.3, 0.4) is 0 Å². The summed E-state index contributed by atoms with van der Waals surface area (Å²) in [6, 6.07) is 40.2. The minimum absolute atomic E-state index is 0.384. The van der Waals surface area contributed by atoms with Crippen molar-refractivity contribution >= 4 is 49.6 Å². The predicted molar refractivity (Wildman–Crippen MR) is 255 cm³/mol. The van der Waals surface area contributed by atoms with E-state index in [-0.39, 0.29) is 0 Å². The highest BCUT2D eigenvalue weighted by atomic mass is 32.2. The number of imidazole rings is 2. The summed E-state index contributed by atoms with van der Waals surface area (Å²) in [5.74, 6) is 1.54. The highest BCUT2D eigenvalue weighted by molar-refractivity contribution is 7.86. The van der Waals surface area contributed by atoms with E-state index in [4.69, 9.17) is 36.5 Å². The van der Waals surface area contributed by atoms with Gasteiger partial charge in [-0.05, 0) is 34.0 Å². The van der Waals surface area contributed by atoms with E-state index in [1.54, 1.807) is 12.1 Å². The Morgan fingerprint density at radius 2 is 0.771 bits per heavy atom. The van der Waals surface area contributed by atoms with Crippen LogP contribution in [0.5, 0.6) is 0 Å². The monoisotopic (exact) mass is 1030 g/mol. The minimum Gasteiger partial charge on any atom is -0.741 e. The van der Waals surface area contributed by atoms with E-state index in [0.29, 0.717) is 23.7 Å². The topological polar surface area (TPSA) is 180 Å². The van der Waals surface area contributed by atoms with Crippen molar-refractivity contribution in [2.75, 3.05) is 0 Å². The molecule has 6 aromatic rings. The van der Waals surface area contributed by atoms with Crippen LogP contribution in [0, 0.1) is 22.7 Å². The number of hydrogen-bond acceptors (Lipinski definition) is 8. The van der Waals surface area contributed by atoms with Crippen LogP contribution in [-0.4, -0.2) is 54.2 Å². The SMILES string of the molecule is CC#N.CC#N.CC(C)c1cccc(C(C)C)c1-n1cc[n+]2c1[Si](c1ccccc1)(c1ccccc1)c1n(-c3c(C(C)C)cccc3C(C)C)cc[n+]1C2.O=S(=O)([O-])C(F)(F)F.O=S(=O)([O-])C(F)(F)F. The predicted octanol–water partition coefficient (Wildman–Crippen LogP) is 7.70. The Morgan fingerprint density at radius 1 is 0.529 bits per heavy atom. The molecule has 12 nitrogen and oxygen atoms in total. The van der Waals surface area contributed by atoms with Crippen LogP contribution in [0.1, 0.15) is 115 Å². The molecule has 0 saturated carbocycles. The number of fused-ring (bicyclic) bond motifs is 2. The maximum atomic E-state index is 10.7. The number of hydrogen-bond donors (Lipinski definition) is 0. The van der Waals surface area contributed by atoms with E-state index in [1.165, 1.54) is 68.7 Å². The molecule has 2 aromatic heterocycles. The van der Waals surface area contributed by atoms with Crippen LogP contribution in [0.4, 0.5) is 26.3 Å². The van der Waals surface area contributed by atoms with Crippen LogP contribution in [0.2, 0.25) is 0 Å². The Morgan fingerprint density at radius 3 is 0.986 bits per heavy atom. The summed E-state index contributed by atoms with van der Waals surface area (Å²) in [6.45, 7) is 22.3. The minimum atomic E-state index is -6.09. The fraction of sp³-hybridized carbons (Fsp3) is 0.347. The smallest absolute Gasteiger partial charge is 0.485 e. The van der Waals surface area contributed by atoms with Gasteiger partial charge in [-0.25, -0.2) is 26.0 Å². The summed E-state index contributed by atoms with van der Waals surface area (Å²) in [6.07, 6.45) is 9.38. The first kappa shape index (κ1) is 58.2. The molecule has 0 radical (unpaired) electrons. The fourth-order valence-electron chi connectivity index (χ4n) is 8.14. The summed E-state index contributed by atoms with van der Waals surface area (Å²) in [4.78, 5) is 0. The highest BCUT2D eigenvalue weighted by Crippen LogP contribution is 2.33. The third-order valence-electron chi connectivity index (χ3n) is 10.9. The van der Waals surface area contributed by atoms with E-state index in [0.717, 1.165) is 6.67 Å². The normalized spacial score (nSPS) is 12.9. The zero-order chi connectivity index (χ0) is 53.2. The maximum Gasteiger partial charge on any atom is 0.485 e. The van der Waals surface area contributed by atoms with Gasteiger partial charge in [-0.3, -0.25) is 0 Å². The molecule has 21 heteroatoms. The average molecular weight is 1030 g/mol. The van der Waals surface area contributed by atoms with E-state index in [9.17, 15) is 26.3 Å². The summed E-state index contributed by atoms with van der Waals surface area (Å²) < 4.78 is 128. The first-order valence-electron chi connectivity index (χ1n) is 21.7. The lowest BCUT2D eigenvalue weighted by molar-refractivity contribution is -0.901. The molecule has 0 atom stereocenters. The van der Waals surface area contributed by atoms with E-state index < -0.39 is 39.3 Å². The molecule has 7 rings (SSSR count). The first-order chi connectivity index (χ1) is 32.5. The molecule has 0 aliphatic carbocycles. The molecule has 0 N–H and O–H groups in total. The average Bonchev–Trinajstić information content (AvgIpc) is 3.90. The zero-order valence-electron chi connectivity index (χ0n) is 40.3. The fourth-order valence-corrected chi connectivity index (χ4v) is 13.3. The Balaban J connectivity index is 0.000000493.